The predicted molar refractivity (Wildman–Crippen MR) is 221 cm³/mol. The van der Waals surface area contributed by atoms with E-state index in [-0.39, 0.29) is 26.4 Å². The Morgan fingerprint density at radius 3 is 0.836 bits per heavy atom. The normalized spacial score (nSPS) is 23.0. The van der Waals surface area contributed by atoms with Gasteiger partial charge in [-0.05, 0) is 89.6 Å². The summed E-state index contributed by atoms with van der Waals surface area (Å²) in [4.78, 5) is 0. The fourth-order valence-corrected chi connectivity index (χ4v) is 12.8. The molecule has 0 radical (unpaired) electrons. The van der Waals surface area contributed by atoms with E-state index in [1.165, 1.54) is 0 Å². The Morgan fingerprint density at radius 1 is 0.345 bits per heavy atom. The highest BCUT2D eigenvalue weighted by Gasteiger charge is 2.53. The molecule has 2 saturated heterocycles. The lowest BCUT2D eigenvalue weighted by Crippen LogP contribution is -2.46. The topological polar surface area (TPSA) is 71.1 Å². The molecule has 2 aliphatic rings. The molecule has 0 unspecified atom stereocenters. The van der Waals surface area contributed by atoms with Gasteiger partial charge in [0.25, 0.3) is 0 Å². The van der Waals surface area contributed by atoms with E-state index < -0.39 is 31.9 Å². The van der Waals surface area contributed by atoms with Gasteiger partial charge in [0.1, 0.15) is 11.3 Å². The second kappa shape index (κ2) is 13.7. The van der Waals surface area contributed by atoms with Gasteiger partial charge in [0.05, 0.1) is 31.8 Å². The van der Waals surface area contributed by atoms with Crippen molar-refractivity contribution in [3.63, 3.8) is 0 Å². The van der Waals surface area contributed by atoms with Crippen LogP contribution >= 0.6 is 15.2 Å². The quantitative estimate of drug-likeness (QED) is 0.157. The molecule has 2 heterocycles. The molecule has 0 amide bonds. The summed E-state index contributed by atoms with van der Waals surface area (Å²) in [5.74, 6) is 0. The number of benzene rings is 8. The van der Waals surface area contributed by atoms with Gasteiger partial charge >= 0.3 is 15.2 Å². The van der Waals surface area contributed by atoms with Crippen molar-refractivity contribution in [2.75, 3.05) is 26.4 Å². The monoisotopic (exact) mass is 760 g/mol. The van der Waals surface area contributed by atoms with Gasteiger partial charge in [-0.3, -0.25) is 9.13 Å². The maximum absolute atomic E-state index is 15.1. The van der Waals surface area contributed by atoms with Crippen molar-refractivity contribution in [3.05, 3.63) is 192 Å². The van der Waals surface area contributed by atoms with Crippen LogP contribution in [0.1, 0.15) is 33.6 Å². The van der Waals surface area contributed by atoms with Crippen LogP contribution in [0.4, 0.5) is 0 Å². The van der Waals surface area contributed by atoms with E-state index in [2.05, 4.69) is 97.1 Å². The Balaban J connectivity index is 0.960. The Morgan fingerprint density at radius 2 is 0.582 bits per heavy atom. The first kappa shape index (κ1) is 34.6. The molecule has 0 aromatic heterocycles. The lowest BCUT2D eigenvalue weighted by atomic mass is 9.93. The van der Waals surface area contributed by atoms with E-state index in [1.807, 2.05) is 72.8 Å². The van der Waals surface area contributed by atoms with E-state index in [1.54, 1.807) is 0 Å². The predicted octanol–water partition coefficient (Wildman–Crippen LogP) is 12.6. The lowest BCUT2D eigenvalue weighted by Gasteiger charge is -2.45. The minimum atomic E-state index is -3.79. The zero-order chi connectivity index (χ0) is 37.0. The van der Waals surface area contributed by atoms with Crippen molar-refractivity contribution < 1.29 is 27.2 Å². The van der Waals surface area contributed by atoms with Crippen LogP contribution in [0.3, 0.4) is 0 Å². The molecule has 2 aliphatic heterocycles. The summed E-state index contributed by atoms with van der Waals surface area (Å²) >= 11 is 0. The molecule has 8 heteroatoms. The molecule has 0 N–H and O–H groups in total. The highest BCUT2D eigenvalue weighted by Crippen LogP contribution is 2.70. The van der Waals surface area contributed by atoms with Crippen molar-refractivity contribution in [2.24, 2.45) is 5.41 Å². The molecule has 0 saturated carbocycles. The molecule has 1 spiro atoms. The van der Waals surface area contributed by atoms with E-state index in [4.69, 9.17) is 18.1 Å². The molecule has 2 fully saturated rings. The molecule has 272 valence electrons. The molecular weight excluding hydrogens is 722 g/mol. The SMILES string of the molecule is O=P1(C(c2ccc3ccccc3c2)c2ccc3ccccc3c2)OCC2(CO1)COP(=O)(C(c1ccc3ccccc3c1)c1ccc3ccccc3c1)OC2. The highest BCUT2D eigenvalue weighted by atomic mass is 31.2. The van der Waals surface area contributed by atoms with Crippen LogP contribution in [0.5, 0.6) is 0 Å². The largest absolute Gasteiger partial charge is 0.342 e. The average molecular weight is 761 g/mol. The zero-order valence-corrected chi connectivity index (χ0v) is 31.8. The molecule has 8 aromatic rings. The average Bonchev–Trinajstić information content (AvgIpc) is 3.23. The van der Waals surface area contributed by atoms with Crippen molar-refractivity contribution in [2.45, 2.75) is 11.3 Å². The number of hydrogen-bond donors (Lipinski definition) is 0. The lowest BCUT2D eigenvalue weighted by molar-refractivity contribution is -0.0703. The van der Waals surface area contributed by atoms with Crippen LogP contribution in [0.2, 0.25) is 0 Å². The molecule has 6 nitrogen and oxygen atoms in total. The fourth-order valence-electron chi connectivity index (χ4n) is 8.16. The number of fused-ring (bicyclic) bond motifs is 4. The zero-order valence-electron chi connectivity index (χ0n) is 30.0. The maximum Gasteiger partial charge on any atom is 0.342 e. The Kier molecular flexibility index (Phi) is 8.61. The van der Waals surface area contributed by atoms with Crippen LogP contribution in [0, 0.1) is 5.41 Å². The first-order valence-corrected chi connectivity index (χ1v) is 21.8. The van der Waals surface area contributed by atoms with Crippen LogP contribution in [-0.4, -0.2) is 26.4 Å². The Bertz CT molecular complexity index is 2470. The van der Waals surface area contributed by atoms with Gasteiger partial charge in [0, 0.05) is 0 Å². The summed E-state index contributed by atoms with van der Waals surface area (Å²) < 4.78 is 55.9. The van der Waals surface area contributed by atoms with E-state index in [0.717, 1.165) is 65.3 Å². The molecule has 0 aliphatic carbocycles. The standard InChI is InChI=1S/C47H38O6P2/c48-54(45(41-21-17-33-9-1-5-13-37(33)25-41)42-22-18-34-10-2-6-14-38(34)26-42)50-29-47(30-51-54)31-52-55(49,53-32-47)46(43-23-19-35-11-3-7-15-39(35)27-43)44-24-20-36-12-4-8-16-40(36)28-44/h1-28,45-46H,29-32H2. The molecule has 10 rings (SSSR count). The van der Waals surface area contributed by atoms with E-state index in [0.29, 0.717) is 0 Å². The molecule has 8 aromatic carbocycles. The van der Waals surface area contributed by atoms with Crippen LogP contribution < -0.4 is 0 Å². The van der Waals surface area contributed by atoms with Gasteiger partial charge < -0.3 is 18.1 Å². The van der Waals surface area contributed by atoms with Crippen molar-refractivity contribution in [1.29, 1.82) is 0 Å². The summed E-state index contributed by atoms with van der Waals surface area (Å²) in [7, 11) is -7.58. The Labute approximate surface area is 319 Å². The first-order chi connectivity index (χ1) is 26.9. The summed E-state index contributed by atoms with van der Waals surface area (Å²) in [6.07, 6.45) is 0. The molecule has 0 bridgehead atoms. The molecule has 0 atom stereocenters. The van der Waals surface area contributed by atoms with Gasteiger partial charge in [0.2, 0.25) is 0 Å². The van der Waals surface area contributed by atoms with Crippen LogP contribution in [0.25, 0.3) is 43.1 Å². The van der Waals surface area contributed by atoms with E-state index in [9.17, 15) is 0 Å². The Hall–Kier alpha value is -4.90. The number of rotatable bonds is 6. The molecular formula is C47H38O6P2. The van der Waals surface area contributed by atoms with Crippen molar-refractivity contribution in [1.82, 2.24) is 0 Å². The van der Waals surface area contributed by atoms with Gasteiger partial charge in [-0.15, -0.1) is 0 Å². The fraction of sp³-hybridized carbons (Fsp3) is 0.149. The second-order valence-corrected chi connectivity index (χ2v) is 19.1. The maximum atomic E-state index is 15.1. The minimum Gasteiger partial charge on any atom is -0.307 e. The van der Waals surface area contributed by atoms with Gasteiger partial charge in [0.15, 0.2) is 0 Å². The summed E-state index contributed by atoms with van der Waals surface area (Å²) in [6.45, 7) is 0.272. The van der Waals surface area contributed by atoms with Gasteiger partial charge in [-0.25, -0.2) is 0 Å². The van der Waals surface area contributed by atoms with Gasteiger partial charge in [-0.2, -0.15) is 0 Å². The highest BCUT2D eigenvalue weighted by molar-refractivity contribution is 7.55. The minimum absolute atomic E-state index is 0.0680. The second-order valence-electron chi connectivity index (χ2n) is 14.9. The third kappa shape index (κ3) is 6.34. The molecule has 55 heavy (non-hydrogen) atoms. The van der Waals surface area contributed by atoms with Crippen LogP contribution in [0.15, 0.2) is 170 Å². The number of hydrogen-bond acceptors (Lipinski definition) is 6. The van der Waals surface area contributed by atoms with Crippen molar-refractivity contribution in [3.8, 4) is 0 Å². The first-order valence-electron chi connectivity index (χ1n) is 18.6. The van der Waals surface area contributed by atoms with E-state index >= 15 is 9.13 Å². The van der Waals surface area contributed by atoms with Crippen LogP contribution in [-0.2, 0) is 27.2 Å². The summed E-state index contributed by atoms with van der Waals surface area (Å²) in [5, 5.41) is 8.56. The smallest absolute Gasteiger partial charge is 0.307 e. The summed E-state index contributed by atoms with van der Waals surface area (Å²) in [5.41, 5.74) is 1.27. The summed E-state index contributed by atoms with van der Waals surface area (Å²) in [6, 6.07) is 57.1. The third-order valence-electron chi connectivity index (χ3n) is 11.2. The van der Waals surface area contributed by atoms with Gasteiger partial charge in [-0.1, -0.05) is 146 Å². The third-order valence-corrected chi connectivity index (χ3v) is 15.6. The van der Waals surface area contributed by atoms with Crippen molar-refractivity contribution >= 4 is 58.3 Å².